The van der Waals surface area contributed by atoms with Crippen molar-refractivity contribution in [2.75, 3.05) is 6.54 Å². The number of amides is 1. The third kappa shape index (κ3) is 2.08. The van der Waals surface area contributed by atoms with E-state index >= 15 is 0 Å². The first kappa shape index (κ1) is 13.1. The second kappa shape index (κ2) is 4.98. The maximum absolute atomic E-state index is 12.9. The number of benzene rings is 2. The van der Waals surface area contributed by atoms with Crippen molar-refractivity contribution in [2.45, 2.75) is 19.9 Å². The topological polar surface area (TPSA) is 49.0 Å². The lowest BCUT2D eigenvalue weighted by atomic mass is 9.99. The number of hydrogen-bond donors (Lipinski definition) is 1. The van der Waals surface area contributed by atoms with Crippen LogP contribution >= 0.6 is 0 Å². The Bertz CT molecular complexity index is 866. The van der Waals surface area contributed by atoms with E-state index in [1.165, 1.54) is 11.1 Å². The molecule has 0 fully saturated rings. The van der Waals surface area contributed by atoms with Gasteiger partial charge in [-0.05, 0) is 36.6 Å². The lowest BCUT2D eigenvalue weighted by molar-refractivity contribution is 0.0736. The Hall–Kier alpha value is -2.62. The Morgan fingerprint density at radius 2 is 1.95 bits per heavy atom. The highest BCUT2D eigenvalue weighted by atomic mass is 16.2. The third-order valence-corrected chi connectivity index (χ3v) is 4.28. The SMILES string of the molecule is Cc1nc2c(C(=O)N3CCc4ccccc4C3)cccc2[nH]1. The van der Waals surface area contributed by atoms with Gasteiger partial charge in [0, 0.05) is 13.1 Å². The van der Waals surface area contributed by atoms with E-state index in [1.54, 1.807) is 0 Å². The van der Waals surface area contributed by atoms with Crippen LogP contribution in [-0.4, -0.2) is 27.3 Å². The van der Waals surface area contributed by atoms with Crippen LogP contribution in [0.3, 0.4) is 0 Å². The van der Waals surface area contributed by atoms with Gasteiger partial charge in [0.05, 0.1) is 11.1 Å². The van der Waals surface area contributed by atoms with Gasteiger partial charge in [-0.2, -0.15) is 0 Å². The average molecular weight is 291 g/mol. The van der Waals surface area contributed by atoms with Crippen LogP contribution in [0.4, 0.5) is 0 Å². The fraction of sp³-hybridized carbons (Fsp3) is 0.222. The van der Waals surface area contributed by atoms with Gasteiger partial charge in [-0.15, -0.1) is 0 Å². The van der Waals surface area contributed by atoms with Crippen molar-refractivity contribution in [2.24, 2.45) is 0 Å². The Balaban J connectivity index is 1.70. The number of aryl methyl sites for hydroxylation is 1. The number of hydrogen-bond acceptors (Lipinski definition) is 2. The molecule has 4 heteroatoms. The molecule has 0 unspecified atom stereocenters. The standard InChI is InChI=1S/C18H17N3O/c1-12-19-16-8-4-7-15(17(16)20-12)18(22)21-10-9-13-5-2-3-6-14(13)11-21/h2-8H,9-11H2,1H3,(H,19,20). The molecule has 0 saturated carbocycles. The molecule has 4 rings (SSSR count). The number of rotatable bonds is 1. The molecule has 1 amide bonds. The van der Waals surface area contributed by atoms with Crippen LogP contribution in [-0.2, 0) is 13.0 Å². The quantitative estimate of drug-likeness (QED) is 0.749. The summed E-state index contributed by atoms with van der Waals surface area (Å²) in [6, 6.07) is 14.1. The zero-order chi connectivity index (χ0) is 15.1. The normalized spacial score (nSPS) is 14.1. The molecule has 4 nitrogen and oxygen atoms in total. The van der Waals surface area contributed by atoms with E-state index in [-0.39, 0.29) is 5.91 Å². The largest absolute Gasteiger partial charge is 0.342 e. The first-order valence-electron chi connectivity index (χ1n) is 7.54. The molecule has 3 aromatic rings. The van der Waals surface area contributed by atoms with Crippen LogP contribution in [0.2, 0.25) is 0 Å². The van der Waals surface area contributed by atoms with E-state index < -0.39 is 0 Å². The molecule has 0 saturated heterocycles. The zero-order valence-corrected chi connectivity index (χ0v) is 12.5. The maximum atomic E-state index is 12.9. The molecule has 22 heavy (non-hydrogen) atoms. The second-order valence-corrected chi connectivity index (χ2v) is 5.77. The number of H-pyrrole nitrogens is 1. The van der Waals surface area contributed by atoms with Crippen molar-refractivity contribution in [3.63, 3.8) is 0 Å². The Morgan fingerprint density at radius 3 is 2.82 bits per heavy atom. The highest BCUT2D eigenvalue weighted by molar-refractivity contribution is 6.04. The van der Waals surface area contributed by atoms with E-state index in [4.69, 9.17) is 0 Å². The third-order valence-electron chi connectivity index (χ3n) is 4.28. The fourth-order valence-corrected chi connectivity index (χ4v) is 3.17. The number of nitrogens with zero attached hydrogens (tertiary/aromatic N) is 2. The Morgan fingerprint density at radius 1 is 1.14 bits per heavy atom. The number of carbonyl (C=O) groups excluding carboxylic acids is 1. The average Bonchev–Trinajstić information content (AvgIpc) is 2.93. The fourth-order valence-electron chi connectivity index (χ4n) is 3.17. The van der Waals surface area contributed by atoms with E-state index in [0.717, 1.165) is 29.8 Å². The number of fused-ring (bicyclic) bond motifs is 2. The maximum Gasteiger partial charge on any atom is 0.256 e. The van der Waals surface area contributed by atoms with Gasteiger partial charge in [0.15, 0.2) is 0 Å². The summed E-state index contributed by atoms with van der Waals surface area (Å²) in [4.78, 5) is 22.5. The summed E-state index contributed by atoms with van der Waals surface area (Å²) >= 11 is 0. The summed E-state index contributed by atoms with van der Waals surface area (Å²) in [5.74, 6) is 0.894. The molecule has 1 N–H and O–H groups in total. The molecule has 1 aromatic heterocycles. The first-order valence-corrected chi connectivity index (χ1v) is 7.54. The molecular weight excluding hydrogens is 274 g/mol. The highest BCUT2D eigenvalue weighted by Crippen LogP contribution is 2.23. The molecule has 2 heterocycles. The summed E-state index contributed by atoms with van der Waals surface area (Å²) in [5, 5.41) is 0. The van der Waals surface area contributed by atoms with E-state index in [0.29, 0.717) is 12.1 Å². The Labute approximate surface area is 128 Å². The number of aromatic nitrogens is 2. The van der Waals surface area contributed by atoms with Crippen molar-refractivity contribution < 1.29 is 4.79 Å². The van der Waals surface area contributed by atoms with Crippen molar-refractivity contribution in [3.05, 3.63) is 65.0 Å². The lowest BCUT2D eigenvalue weighted by Crippen LogP contribution is -2.36. The van der Waals surface area contributed by atoms with Crippen LogP contribution in [0.15, 0.2) is 42.5 Å². The van der Waals surface area contributed by atoms with Gasteiger partial charge >= 0.3 is 0 Å². The molecule has 110 valence electrons. The van der Waals surface area contributed by atoms with Crippen LogP contribution in [0.25, 0.3) is 11.0 Å². The second-order valence-electron chi connectivity index (χ2n) is 5.77. The monoisotopic (exact) mass is 291 g/mol. The van der Waals surface area contributed by atoms with Crippen molar-refractivity contribution >= 4 is 16.9 Å². The van der Waals surface area contributed by atoms with Gasteiger partial charge in [0.1, 0.15) is 11.3 Å². The number of nitrogens with one attached hydrogen (secondary N) is 1. The van der Waals surface area contributed by atoms with Crippen molar-refractivity contribution in [3.8, 4) is 0 Å². The van der Waals surface area contributed by atoms with Gasteiger partial charge in [-0.3, -0.25) is 4.79 Å². The first-order chi connectivity index (χ1) is 10.7. The van der Waals surface area contributed by atoms with Gasteiger partial charge in [-0.1, -0.05) is 30.3 Å². The molecule has 0 atom stereocenters. The summed E-state index contributed by atoms with van der Waals surface area (Å²) < 4.78 is 0. The minimum Gasteiger partial charge on any atom is -0.342 e. The molecule has 0 spiro atoms. The molecule has 2 aromatic carbocycles. The lowest BCUT2D eigenvalue weighted by Gasteiger charge is -2.29. The number of aromatic amines is 1. The Kier molecular flexibility index (Phi) is 2.96. The summed E-state index contributed by atoms with van der Waals surface area (Å²) in [7, 11) is 0. The highest BCUT2D eigenvalue weighted by Gasteiger charge is 2.23. The van der Waals surface area contributed by atoms with Crippen LogP contribution in [0.1, 0.15) is 27.3 Å². The molecule has 1 aliphatic rings. The molecular formula is C18H17N3O. The zero-order valence-electron chi connectivity index (χ0n) is 12.5. The number of para-hydroxylation sites is 1. The van der Waals surface area contributed by atoms with Crippen LogP contribution in [0, 0.1) is 6.92 Å². The van der Waals surface area contributed by atoms with Crippen LogP contribution < -0.4 is 0 Å². The minimum absolute atomic E-state index is 0.0617. The summed E-state index contributed by atoms with van der Waals surface area (Å²) in [6.07, 6.45) is 0.914. The van der Waals surface area contributed by atoms with Gasteiger partial charge in [0.2, 0.25) is 0 Å². The molecule has 0 aliphatic carbocycles. The molecule has 0 radical (unpaired) electrons. The van der Waals surface area contributed by atoms with Gasteiger partial charge in [-0.25, -0.2) is 4.98 Å². The molecule has 1 aliphatic heterocycles. The van der Waals surface area contributed by atoms with E-state index in [1.807, 2.05) is 36.1 Å². The summed E-state index contributed by atoms with van der Waals surface area (Å²) in [6.45, 7) is 3.34. The predicted molar refractivity (Wildman–Crippen MR) is 85.7 cm³/mol. The van der Waals surface area contributed by atoms with E-state index in [9.17, 15) is 4.79 Å². The predicted octanol–water partition coefficient (Wildman–Crippen LogP) is 3.07. The van der Waals surface area contributed by atoms with Gasteiger partial charge < -0.3 is 9.88 Å². The summed E-state index contributed by atoms with van der Waals surface area (Å²) in [5.41, 5.74) is 4.96. The van der Waals surface area contributed by atoms with Crippen LogP contribution in [0.5, 0.6) is 0 Å². The van der Waals surface area contributed by atoms with Gasteiger partial charge in [0.25, 0.3) is 5.91 Å². The molecule has 0 bridgehead atoms. The smallest absolute Gasteiger partial charge is 0.256 e. The van der Waals surface area contributed by atoms with E-state index in [2.05, 4.69) is 28.2 Å². The number of carbonyl (C=O) groups is 1. The van der Waals surface area contributed by atoms with Crippen molar-refractivity contribution in [1.29, 1.82) is 0 Å². The number of imidazole rings is 1. The van der Waals surface area contributed by atoms with Crippen molar-refractivity contribution in [1.82, 2.24) is 14.9 Å². The minimum atomic E-state index is 0.0617.